The van der Waals surface area contributed by atoms with Crippen LogP contribution in [0.1, 0.15) is 25.3 Å². The lowest BCUT2D eigenvalue weighted by Gasteiger charge is -2.01. The summed E-state index contributed by atoms with van der Waals surface area (Å²) < 4.78 is 30.1. The molecule has 5 heteroatoms. The molecular weight excluding hydrogens is 202 g/mol. The van der Waals surface area contributed by atoms with Gasteiger partial charge in [-0.1, -0.05) is 13.3 Å². The molecule has 0 spiro atoms. The lowest BCUT2D eigenvalue weighted by atomic mass is 10.2. The van der Waals surface area contributed by atoms with Crippen molar-refractivity contribution in [1.29, 1.82) is 0 Å². The van der Waals surface area contributed by atoms with Gasteiger partial charge in [0, 0.05) is 5.56 Å². The fourth-order valence-corrected chi connectivity index (χ4v) is 2.09. The summed E-state index contributed by atoms with van der Waals surface area (Å²) in [5, 5.41) is 0.0495. The molecule has 0 amide bonds. The molecule has 80 valence electrons. The second-order valence-corrected chi connectivity index (χ2v) is 4.83. The molecule has 1 N–H and O–H groups in total. The van der Waals surface area contributed by atoms with Crippen molar-refractivity contribution in [2.75, 3.05) is 7.05 Å². The van der Waals surface area contributed by atoms with Crippen molar-refractivity contribution in [3.8, 4) is 0 Å². The molecular formula is C9H15NO3S. The highest BCUT2D eigenvalue weighted by Gasteiger charge is 2.19. The van der Waals surface area contributed by atoms with Crippen LogP contribution >= 0.6 is 0 Å². The van der Waals surface area contributed by atoms with Gasteiger partial charge in [0.05, 0.1) is 6.26 Å². The molecule has 0 unspecified atom stereocenters. The summed E-state index contributed by atoms with van der Waals surface area (Å²) >= 11 is 0. The lowest BCUT2D eigenvalue weighted by Crippen LogP contribution is -2.19. The second kappa shape index (κ2) is 4.61. The van der Waals surface area contributed by atoms with Crippen molar-refractivity contribution in [1.82, 2.24) is 4.72 Å². The van der Waals surface area contributed by atoms with Crippen molar-refractivity contribution in [2.24, 2.45) is 0 Å². The Morgan fingerprint density at radius 3 is 2.79 bits per heavy atom. The van der Waals surface area contributed by atoms with Crippen molar-refractivity contribution in [2.45, 2.75) is 31.3 Å². The van der Waals surface area contributed by atoms with Gasteiger partial charge < -0.3 is 4.42 Å². The fraction of sp³-hybridized carbons (Fsp3) is 0.556. The van der Waals surface area contributed by atoms with Crippen LogP contribution in [-0.4, -0.2) is 15.5 Å². The highest BCUT2D eigenvalue weighted by Crippen LogP contribution is 2.18. The zero-order chi connectivity index (χ0) is 10.6. The highest BCUT2D eigenvalue weighted by atomic mass is 32.2. The number of furan rings is 1. The molecule has 1 aromatic heterocycles. The largest absolute Gasteiger partial charge is 0.451 e. The van der Waals surface area contributed by atoms with Gasteiger partial charge in [-0.25, -0.2) is 13.1 Å². The highest BCUT2D eigenvalue weighted by molar-refractivity contribution is 7.89. The third-order valence-corrected chi connectivity index (χ3v) is 3.40. The molecule has 0 aliphatic carbocycles. The van der Waals surface area contributed by atoms with E-state index in [1.54, 1.807) is 6.07 Å². The van der Waals surface area contributed by atoms with Gasteiger partial charge >= 0.3 is 0 Å². The van der Waals surface area contributed by atoms with Crippen LogP contribution in [0.2, 0.25) is 0 Å². The van der Waals surface area contributed by atoms with E-state index in [4.69, 9.17) is 4.42 Å². The molecule has 0 aliphatic rings. The first-order valence-corrected chi connectivity index (χ1v) is 6.10. The predicted octanol–water partition coefficient (Wildman–Crippen LogP) is 1.53. The second-order valence-electron chi connectivity index (χ2n) is 3.04. The predicted molar refractivity (Wildman–Crippen MR) is 53.6 cm³/mol. The van der Waals surface area contributed by atoms with E-state index in [0.29, 0.717) is 0 Å². The van der Waals surface area contributed by atoms with Gasteiger partial charge in [-0.05, 0) is 26.0 Å². The van der Waals surface area contributed by atoms with Crippen LogP contribution in [0.15, 0.2) is 21.8 Å². The number of sulfonamides is 1. The molecule has 1 heterocycles. The fourth-order valence-electron chi connectivity index (χ4n) is 1.20. The van der Waals surface area contributed by atoms with Crippen LogP contribution in [0.5, 0.6) is 0 Å². The average Bonchev–Trinajstić information content (AvgIpc) is 2.63. The van der Waals surface area contributed by atoms with E-state index < -0.39 is 10.0 Å². The van der Waals surface area contributed by atoms with E-state index in [0.717, 1.165) is 24.8 Å². The van der Waals surface area contributed by atoms with E-state index in [1.165, 1.54) is 13.3 Å². The van der Waals surface area contributed by atoms with Gasteiger partial charge in [-0.15, -0.1) is 0 Å². The summed E-state index contributed by atoms with van der Waals surface area (Å²) in [7, 11) is -2.06. The zero-order valence-corrected chi connectivity index (χ0v) is 9.23. The van der Waals surface area contributed by atoms with Gasteiger partial charge in [0.2, 0.25) is 5.09 Å². The van der Waals surface area contributed by atoms with Crippen LogP contribution in [0.3, 0.4) is 0 Å². The van der Waals surface area contributed by atoms with Crippen molar-refractivity contribution >= 4 is 10.0 Å². The van der Waals surface area contributed by atoms with E-state index >= 15 is 0 Å². The molecule has 0 atom stereocenters. The van der Waals surface area contributed by atoms with E-state index in [9.17, 15) is 8.42 Å². The molecule has 1 rings (SSSR count). The van der Waals surface area contributed by atoms with Gasteiger partial charge in [-0.3, -0.25) is 0 Å². The van der Waals surface area contributed by atoms with Crippen LogP contribution in [-0.2, 0) is 16.4 Å². The van der Waals surface area contributed by atoms with Gasteiger partial charge in [0.15, 0.2) is 0 Å². The molecule has 14 heavy (non-hydrogen) atoms. The summed E-state index contributed by atoms with van der Waals surface area (Å²) in [6, 6.07) is 1.71. The van der Waals surface area contributed by atoms with E-state index in [2.05, 4.69) is 11.6 Å². The third-order valence-electron chi connectivity index (χ3n) is 2.02. The van der Waals surface area contributed by atoms with E-state index in [1.807, 2.05) is 0 Å². The number of rotatable bonds is 5. The molecule has 4 nitrogen and oxygen atoms in total. The van der Waals surface area contributed by atoms with Gasteiger partial charge in [-0.2, -0.15) is 0 Å². The number of hydrogen-bond donors (Lipinski definition) is 1. The smallest absolute Gasteiger partial charge is 0.273 e. The van der Waals surface area contributed by atoms with E-state index in [-0.39, 0.29) is 5.09 Å². The molecule has 0 fully saturated rings. The molecule has 0 bridgehead atoms. The minimum atomic E-state index is -3.43. The number of hydrogen-bond acceptors (Lipinski definition) is 3. The molecule has 0 radical (unpaired) electrons. The first kappa shape index (κ1) is 11.3. The van der Waals surface area contributed by atoms with Crippen molar-refractivity contribution < 1.29 is 12.8 Å². The molecule has 0 saturated carbocycles. The monoisotopic (exact) mass is 217 g/mol. The number of unbranched alkanes of at least 4 members (excludes halogenated alkanes) is 1. The average molecular weight is 217 g/mol. The molecule has 0 aliphatic heterocycles. The number of nitrogens with one attached hydrogen (secondary N) is 1. The van der Waals surface area contributed by atoms with Crippen LogP contribution in [0, 0.1) is 0 Å². The molecule has 0 aromatic carbocycles. The maximum absolute atomic E-state index is 11.4. The first-order chi connectivity index (χ1) is 6.61. The Kier molecular flexibility index (Phi) is 3.71. The zero-order valence-electron chi connectivity index (χ0n) is 8.41. The summed E-state index contributed by atoms with van der Waals surface area (Å²) in [6.45, 7) is 2.06. The molecule has 1 aromatic rings. The van der Waals surface area contributed by atoms with Gasteiger partial charge in [0.25, 0.3) is 10.0 Å². The minimum absolute atomic E-state index is 0.0495. The standard InChI is InChI=1S/C9H15NO3S/c1-3-4-5-8-6-7-13-9(8)14(11,12)10-2/h6-7,10H,3-5H2,1-2H3. The Hall–Kier alpha value is -0.810. The summed E-state index contributed by atoms with van der Waals surface area (Å²) in [5.74, 6) is 0. The van der Waals surface area contributed by atoms with Crippen molar-refractivity contribution in [3.63, 3.8) is 0 Å². The Bertz CT molecular complexity index is 381. The van der Waals surface area contributed by atoms with Crippen LogP contribution < -0.4 is 4.72 Å². The summed E-state index contributed by atoms with van der Waals surface area (Å²) in [5.41, 5.74) is 0.751. The Morgan fingerprint density at radius 2 is 2.21 bits per heavy atom. The SMILES string of the molecule is CCCCc1ccoc1S(=O)(=O)NC. The quantitative estimate of drug-likeness (QED) is 0.813. The third kappa shape index (κ3) is 2.36. The number of aryl methyl sites for hydroxylation is 1. The Labute approximate surface area is 84.4 Å². The summed E-state index contributed by atoms with van der Waals surface area (Å²) in [6.07, 6.45) is 4.15. The normalized spacial score (nSPS) is 11.9. The van der Waals surface area contributed by atoms with Crippen molar-refractivity contribution in [3.05, 3.63) is 17.9 Å². The molecule has 0 saturated heterocycles. The topological polar surface area (TPSA) is 59.3 Å². The maximum Gasteiger partial charge on any atom is 0.273 e. The summed E-state index contributed by atoms with van der Waals surface area (Å²) in [4.78, 5) is 0. The first-order valence-electron chi connectivity index (χ1n) is 4.61. The Morgan fingerprint density at radius 1 is 1.50 bits per heavy atom. The van der Waals surface area contributed by atoms with Crippen LogP contribution in [0.25, 0.3) is 0 Å². The Balaban J connectivity index is 2.93. The van der Waals surface area contributed by atoms with Crippen LogP contribution in [0.4, 0.5) is 0 Å². The lowest BCUT2D eigenvalue weighted by molar-refractivity contribution is 0.440. The van der Waals surface area contributed by atoms with Gasteiger partial charge in [0.1, 0.15) is 0 Å². The maximum atomic E-state index is 11.4. The minimum Gasteiger partial charge on any atom is -0.451 e.